The number of aryl methyl sites for hydroxylation is 1. The first-order valence-corrected chi connectivity index (χ1v) is 7.50. The number of aromatic nitrogens is 1. The number of nitrogens with zero attached hydrogens (tertiary/aromatic N) is 2. The van der Waals surface area contributed by atoms with Crippen LogP contribution in [-0.4, -0.2) is 11.5 Å². The van der Waals surface area contributed by atoms with Crippen LogP contribution < -0.4 is 4.90 Å². The van der Waals surface area contributed by atoms with Crippen molar-refractivity contribution in [3.05, 3.63) is 71.3 Å². The van der Waals surface area contributed by atoms with Crippen molar-refractivity contribution < 1.29 is 0 Å². The van der Waals surface area contributed by atoms with E-state index in [2.05, 4.69) is 66.4 Å². The Bertz CT molecular complexity index is 793. The average Bonchev–Trinajstić information content (AvgIpc) is 2.92. The fourth-order valence-corrected chi connectivity index (χ4v) is 3.27. The second-order valence-corrected chi connectivity index (χ2v) is 5.71. The molecule has 2 heteroatoms. The van der Waals surface area contributed by atoms with Gasteiger partial charge in [0.1, 0.15) is 5.82 Å². The fraction of sp³-hybridized carbons (Fsp3) is 0.211. The lowest BCUT2D eigenvalue weighted by atomic mass is 10.0. The van der Waals surface area contributed by atoms with Gasteiger partial charge in [-0.05, 0) is 30.5 Å². The third kappa shape index (κ3) is 2.07. The average molecular weight is 274 g/mol. The molecule has 0 aliphatic carbocycles. The zero-order chi connectivity index (χ0) is 14.2. The van der Waals surface area contributed by atoms with Gasteiger partial charge in [0.05, 0.1) is 5.52 Å². The summed E-state index contributed by atoms with van der Waals surface area (Å²) < 4.78 is 0. The van der Waals surface area contributed by atoms with Crippen LogP contribution in [0.25, 0.3) is 10.9 Å². The zero-order valence-corrected chi connectivity index (χ0v) is 12.2. The molecule has 0 N–H and O–H groups in total. The first kappa shape index (κ1) is 12.4. The minimum absolute atomic E-state index is 0.943. The Kier molecular flexibility index (Phi) is 2.88. The largest absolute Gasteiger partial charge is 0.352 e. The van der Waals surface area contributed by atoms with E-state index in [1.165, 1.54) is 27.9 Å². The molecule has 1 aliphatic heterocycles. The minimum atomic E-state index is 0.943. The molecule has 4 rings (SSSR count). The molecule has 0 bridgehead atoms. The van der Waals surface area contributed by atoms with Crippen LogP contribution in [0.1, 0.15) is 16.7 Å². The Balaban J connectivity index is 1.78. The molecule has 0 saturated carbocycles. The van der Waals surface area contributed by atoms with Gasteiger partial charge in [0.25, 0.3) is 0 Å². The molecule has 0 saturated heterocycles. The molecule has 0 amide bonds. The van der Waals surface area contributed by atoms with Gasteiger partial charge in [-0.15, -0.1) is 0 Å². The summed E-state index contributed by atoms with van der Waals surface area (Å²) in [6.45, 7) is 4.24. The van der Waals surface area contributed by atoms with Crippen molar-refractivity contribution in [2.45, 2.75) is 19.9 Å². The summed E-state index contributed by atoms with van der Waals surface area (Å²) in [5.74, 6) is 1.18. The number of rotatable bonds is 2. The predicted molar refractivity (Wildman–Crippen MR) is 87.7 cm³/mol. The Morgan fingerprint density at radius 3 is 2.62 bits per heavy atom. The van der Waals surface area contributed by atoms with Crippen LogP contribution in [0.15, 0.2) is 54.6 Å². The molecule has 21 heavy (non-hydrogen) atoms. The summed E-state index contributed by atoms with van der Waals surface area (Å²) in [5, 5.41) is 1.29. The van der Waals surface area contributed by atoms with Crippen molar-refractivity contribution in [2.24, 2.45) is 0 Å². The molecule has 0 unspecified atom stereocenters. The predicted octanol–water partition coefficient (Wildman–Crippen LogP) is 4.11. The second-order valence-electron chi connectivity index (χ2n) is 5.71. The summed E-state index contributed by atoms with van der Waals surface area (Å²) in [4.78, 5) is 7.33. The summed E-state index contributed by atoms with van der Waals surface area (Å²) in [5.41, 5.74) is 5.27. The topological polar surface area (TPSA) is 16.1 Å². The highest BCUT2D eigenvalue weighted by molar-refractivity contribution is 5.86. The summed E-state index contributed by atoms with van der Waals surface area (Å²) in [6, 6.07) is 19.1. The third-order valence-electron chi connectivity index (χ3n) is 4.40. The van der Waals surface area contributed by atoms with E-state index in [-0.39, 0.29) is 0 Å². The molecule has 2 aromatic carbocycles. The summed E-state index contributed by atoms with van der Waals surface area (Å²) >= 11 is 0. The van der Waals surface area contributed by atoms with Crippen LogP contribution in [0, 0.1) is 6.92 Å². The van der Waals surface area contributed by atoms with Crippen molar-refractivity contribution in [2.75, 3.05) is 11.4 Å². The highest BCUT2D eigenvalue weighted by atomic mass is 15.2. The monoisotopic (exact) mass is 274 g/mol. The molecule has 0 radical (unpaired) electrons. The number of pyridine rings is 1. The Hall–Kier alpha value is -2.35. The SMILES string of the molecule is Cc1c2c(nc3ccccc13)N(Cc1ccccc1)CC2. The van der Waals surface area contributed by atoms with E-state index in [9.17, 15) is 0 Å². The van der Waals surface area contributed by atoms with E-state index in [1.807, 2.05) is 0 Å². The van der Waals surface area contributed by atoms with Gasteiger partial charge in [-0.2, -0.15) is 0 Å². The van der Waals surface area contributed by atoms with E-state index >= 15 is 0 Å². The number of anilines is 1. The number of hydrogen-bond donors (Lipinski definition) is 0. The van der Waals surface area contributed by atoms with E-state index in [4.69, 9.17) is 4.98 Å². The normalized spacial score (nSPS) is 13.7. The van der Waals surface area contributed by atoms with Gasteiger partial charge in [0, 0.05) is 24.0 Å². The molecule has 1 aliphatic rings. The van der Waals surface area contributed by atoms with Crippen molar-refractivity contribution in [1.29, 1.82) is 0 Å². The smallest absolute Gasteiger partial charge is 0.133 e. The lowest BCUT2D eigenvalue weighted by Gasteiger charge is -2.19. The molecule has 2 heterocycles. The maximum absolute atomic E-state index is 4.92. The molecular formula is C19H18N2. The van der Waals surface area contributed by atoms with E-state index in [0.717, 1.165) is 25.0 Å². The Morgan fingerprint density at radius 1 is 1.00 bits per heavy atom. The zero-order valence-electron chi connectivity index (χ0n) is 12.2. The van der Waals surface area contributed by atoms with Crippen molar-refractivity contribution in [3.63, 3.8) is 0 Å². The first-order chi connectivity index (χ1) is 10.3. The van der Waals surface area contributed by atoms with Crippen molar-refractivity contribution in [1.82, 2.24) is 4.98 Å². The lowest BCUT2D eigenvalue weighted by molar-refractivity contribution is 0.827. The standard InChI is InChI=1S/C19H18N2/c1-14-16-9-5-6-10-18(16)20-19-17(14)11-12-21(19)13-15-7-3-2-4-8-15/h2-10H,11-13H2,1H3. The molecule has 3 aromatic rings. The van der Waals surface area contributed by atoms with Gasteiger partial charge in [0.2, 0.25) is 0 Å². The summed E-state index contributed by atoms with van der Waals surface area (Å²) in [6.07, 6.45) is 1.10. The molecule has 0 atom stereocenters. The summed E-state index contributed by atoms with van der Waals surface area (Å²) in [7, 11) is 0. The van der Waals surface area contributed by atoms with Crippen LogP contribution in [0.4, 0.5) is 5.82 Å². The molecule has 0 spiro atoms. The molecular weight excluding hydrogens is 256 g/mol. The number of benzene rings is 2. The lowest BCUT2D eigenvalue weighted by Crippen LogP contribution is -2.20. The maximum atomic E-state index is 4.92. The minimum Gasteiger partial charge on any atom is -0.352 e. The van der Waals surface area contributed by atoms with Gasteiger partial charge in [-0.25, -0.2) is 4.98 Å². The van der Waals surface area contributed by atoms with Crippen LogP contribution in [0.2, 0.25) is 0 Å². The van der Waals surface area contributed by atoms with Crippen LogP contribution in [0.5, 0.6) is 0 Å². The van der Waals surface area contributed by atoms with Gasteiger partial charge in [0.15, 0.2) is 0 Å². The second kappa shape index (κ2) is 4.88. The van der Waals surface area contributed by atoms with Gasteiger partial charge in [-0.3, -0.25) is 0 Å². The first-order valence-electron chi connectivity index (χ1n) is 7.50. The van der Waals surface area contributed by atoms with Crippen molar-refractivity contribution >= 4 is 16.7 Å². The number of fused-ring (bicyclic) bond motifs is 2. The van der Waals surface area contributed by atoms with Crippen LogP contribution >= 0.6 is 0 Å². The van der Waals surface area contributed by atoms with Gasteiger partial charge < -0.3 is 4.90 Å². The van der Waals surface area contributed by atoms with Crippen LogP contribution in [-0.2, 0) is 13.0 Å². The molecule has 0 fully saturated rings. The third-order valence-corrected chi connectivity index (χ3v) is 4.40. The van der Waals surface area contributed by atoms with E-state index < -0.39 is 0 Å². The van der Waals surface area contributed by atoms with Crippen molar-refractivity contribution in [3.8, 4) is 0 Å². The van der Waals surface area contributed by atoms with Gasteiger partial charge in [-0.1, -0.05) is 48.5 Å². The van der Waals surface area contributed by atoms with E-state index in [1.54, 1.807) is 0 Å². The molecule has 2 nitrogen and oxygen atoms in total. The number of hydrogen-bond acceptors (Lipinski definition) is 2. The highest BCUT2D eigenvalue weighted by Crippen LogP contribution is 2.33. The Labute approximate surface area is 125 Å². The maximum Gasteiger partial charge on any atom is 0.133 e. The quantitative estimate of drug-likeness (QED) is 0.699. The Morgan fingerprint density at radius 2 is 1.76 bits per heavy atom. The highest BCUT2D eigenvalue weighted by Gasteiger charge is 2.23. The molecule has 1 aromatic heterocycles. The fourth-order valence-electron chi connectivity index (χ4n) is 3.27. The van der Waals surface area contributed by atoms with Crippen LogP contribution in [0.3, 0.4) is 0 Å². The van der Waals surface area contributed by atoms with Gasteiger partial charge >= 0.3 is 0 Å². The molecule has 104 valence electrons. The number of para-hydroxylation sites is 1. The van der Waals surface area contributed by atoms with E-state index in [0.29, 0.717) is 0 Å².